The highest BCUT2D eigenvalue weighted by atomic mass is 16.7. The van der Waals surface area contributed by atoms with Crippen LogP contribution >= 0.6 is 0 Å². The van der Waals surface area contributed by atoms with Crippen LogP contribution in [0.5, 0.6) is 5.75 Å². The van der Waals surface area contributed by atoms with Crippen LogP contribution in [0.25, 0.3) is 0 Å². The van der Waals surface area contributed by atoms with Crippen molar-refractivity contribution >= 4 is 0 Å². The zero-order valence-corrected chi connectivity index (χ0v) is 13.2. The molecule has 0 aliphatic carbocycles. The molecule has 0 saturated heterocycles. The maximum atomic E-state index is 5.58. The Kier molecular flexibility index (Phi) is 8.53. The van der Waals surface area contributed by atoms with E-state index in [1.54, 1.807) is 7.11 Å². The van der Waals surface area contributed by atoms with Gasteiger partial charge in [-0.1, -0.05) is 18.1 Å². The third-order valence-corrected chi connectivity index (χ3v) is 3.25. The molecule has 0 radical (unpaired) electrons. The third kappa shape index (κ3) is 7.14. The van der Waals surface area contributed by atoms with Gasteiger partial charge in [0.2, 0.25) is 0 Å². The number of ether oxygens (including phenoxy) is 3. The molecule has 0 aliphatic rings. The lowest BCUT2D eigenvalue weighted by Crippen LogP contribution is -2.31. The number of likely N-dealkylation sites (N-methyl/N-ethyl adjacent to an activating group) is 1. The van der Waals surface area contributed by atoms with Gasteiger partial charge in [-0.2, -0.15) is 0 Å². The number of methoxy groups -OCH3 is 1. The smallest absolute Gasteiger partial charge is 0.146 e. The Morgan fingerprint density at radius 1 is 1.24 bits per heavy atom. The molecule has 0 fully saturated rings. The first-order chi connectivity index (χ1) is 10.2. The van der Waals surface area contributed by atoms with E-state index in [2.05, 4.69) is 29.9 Å². The average Bonchev–Trinajstić information content (AvgIpc) is 2.49. The summed E-state index contributed by atoms with van der Waals surface area (Å²) in [7, 11) is 3.64. The summed E-state index contributed by atoms with van der Waals surface area (Å²) in [5.74, 6) is 3.52. The Hall–Kier alpha value is -1.54. The van der Waals surface area contributed by atoms with Crippen LogP contribution in [0.15, 0.2) is 24.3 Å². The molecular formula is C17H25NO3. The maximum Gasteiger partial charge on any atom is 0.146 e. The molecule has 1 aromatic carbocycles. The van der Waals surface area contributed by atoms with Gasteiger partial charge in [-0.05, 0) is 38.1 Å². The topological polar surface area (TPSA) is 30.9 Å². The first-order valence-electron chi connectivity index (χ1n) is 7.09. The van der Waals surface area contributed by atoms with Crippen molar-refractivity contribution in [1.29, 1.82) is 0 Å². The van der Waals surface area contributed by atoms with Crippen LogP contribution in [0.2, 0.25) is 0 Å². The summed E-state index contributed by atoms with van der Waals surface area (Å²) in [6.07, 6.45) is 6.30. The van der Waals surface area contributed by atoms with Gasteiger partial charge in [-0.25, -0.2) is 0 Å². The van der Waals surface area contributed by atoms with Crippen molar-refractivity contribution in [3.05, 3.63) is 29.8 Å². The second-order valence-corrected chi connectivity index (χ2v) is 4.98. The molecule has 0 unspecified atom stereocenters. The van der Waals surface area contributed by atoms with E-state index in [1.807, 2.05) is 19.2 Å². The molecule has 0 heterocycles. The summed E-state index contributed by atoms with van der Waals surface area (Å²) in [6.45, 7) is 4.18. The van der Waals surface area contributed by atoms with E-state index in [1.165, 1.54) is 5.56 Å². The van der Waals surface area contributed by atoms with Gasteiger partial charge in [0.15, 0.2) is 0 Å². The van der Waals surface area contributed by atoms with Crippen LogP contribution < -0.4 is 4.74 Å². The number of rotatable bonds is 10. The van der Waals surface area contributed by atoms with Gasteiger partial charge in [-0.3, -0.25) is 4.90 Å². The summed E-state index contributed by atoms with van der Waals surface area (Å²) in [5.41, 5.74) is 1.27. The number of terminal acetylenes is 1. The van der Waals surface area contributed by atoms with Gasteiger partial charge in [0.05, 0.1) is 13.2 Å². The van der Waals surface area contributed by atoms with E-state index in [0.717, 1.165) is 12.2 Å². The van der Waals surface area contributed by atoms with Crippen molar-refractivity contribution in [2.45, 2.75) is 19.4 Å². The SMILES string of the molecule is C#CCN(C)[C@H](C)Cc1ccc(OCCOCOC)cc1. The van der Waals surface area contributed by atoms with E-state index in [0.29, 0.717) is 32.6 Å². The van der Waals surface area contributed by atoms with E-state index < -0.39 is 0 Å². The van der Waals surface area contributed by atoms with Crippen molar-refractivity contribution in [1.82, 2.24) is 4.90 Å². The summed E-state index contributed by atoms with van der Waals surface area (Å²) in [5, 5.41) is 0. The molecule has 1 rings (SSSR count). The average molecular weight is 291 g/mol. The molecular weight excluding hydrogens is 266 g/mol. The first kappa shape index (κ1) is 17.5. The highest BCUT2D eigenvalue weighted by molar-refractivity contribution is 5.27. The molecule has 4 nitrogen and oxygen atoms in total. The largest absolute Gasteiger partial charge is 0.491 e. The molecule has 1 aromatic rings. The predicted molar refractivity (Wildman–Crippen MR) is 84.4 cm³/mol. The molecule has 4 heteroatoms. The lowest BCUT2D eigenvalue weighted by molar-refractivity contribution is -0.0387. The Balaban J connectivity index is 2.35. The van der Waals surface area contributed by atoms with Crippen molar-refractivity contribution < 1.29 is 14.2 Å². The van der Waals surface area contributed by atoms with Gasteiger partial charge in [-0.15, -0.1) is 6.42 Å². The Labute approximate surface area is 128 Å². The lowest BCUT2D eigenvalue weighted by Gasteiger charge is -2.22. The quantitative estimate of drug-likeness (QED) is 0.376. The fraction of sp³-hybridized carbons (Fsp3) is 0.529. The highest BCUT2D eigenvalue weighted by Gasteiger charge is 2.08. The summed E-state index contributed by atoms with van der Waals surface area (Å²) < 4.78 is 15.5. The molecule has 1 atom stereocenters. The number of benzene rings is 1. The zero-order valence-electron chi connectivity index (χ0n) is 13.2. The molecule has 0 amide bonds. The van der Waals surface area contributed by atoms with Crippen LogP contribution in [0.1, 0.15) is 12.5 Å². The predicted octanol–water partition coefficient (Wildman–Crippen LogP) is 2.18. The van der Waals surface area contributed by atoms with E-state index in [9.17, 15) is 0 Å². The van der Waals surface area contributed by atoms with E-state index in [4.69, 9.17) is 20.6 Å². The monoisotopic (exact) mass is 291 g/mol. The van der Waals surface area contributed by atoms with E-state index in [-0.39, 0.29) is 0 Å². The van der Waals surface area contributed by atoms with Crippen LogP contribution in [-0.2, 0) is 15.9 Å². The normalized spacial score (nSPS) is 12.1. The molecule has 116 valence electrons. The summed E-state index contributed by atoms with van der Waals surface area (Å²) in [4.78, 5) is 2.16. The number of hydrogen-bond acceptors (Lipinski definition) is 4. The molecule has 0 aromatic heterocycles. The zero-order chi connectivity index (χ0) is 15.5. The Morgan fingerprint density at radius 2 is 1.95 bits per heavy atom. The van der Waals surface area contributed by atoms with Crippen molar-refractivity contribution in [3.63, 3.8) is 0 Å². The van der Waals surface area contributed by atoms with Crippen LogP contribution in [0.3, 0.4) is 0 Å². The van der Waals surface area contributed by atoms with E-state index >= 15 is 0 Å². The third-order valence-electron chi connectivity index (χ3n) is 3.25. The van der Waals surface area contributed by atoms with Crippen molar-refractivity contribution in [3.8, 4) is 18.1 Å². The van der Waals surface area contributed by atoms with Gasteiger partial charge in [0, 0.05) is 13.2 Å². The molecule has 0 N–H and O–H groups in total. The minimum absolute atomic E-state index is 0.297. The fourth-order valence-electron chi connectivity index (χ4n) is 1.88. The minimum atomic E-state index is 0.297. The Morgan fingerprint density at radius 3 is 2.57 bits per heavy atom. The number of hydrogen-bond donors (Lipinski definition) is 0. The lowest BCUT2D eigenvalue weighted by atomic mass is 10.1. The molecule has 0 aliphatic heterocycles. The van der Waals surface area contributed by atoms with Crippen LogP contribution in [0.4, 0.5) is 0 Å². The Bertz CT molecular complexity index is 425. The van der Waals surface area contributed by atoms with Crippen LogP contribution in [0, 0.1) is 12.3 Å². The highest BCUT2D eigenvalue weighted by Crippen LogP contribution is 2.14. The van der Waals surface area contributed by atoms with Gasteiger partial charge in [0.25, 0.3) is 0 Å². The molecule has 0 saturated carbocycles. The van der Waals surface area contributed by atoms with Gasteiger partial charge < -0.3 is 14.2 Å². The summed E-state index contributed by atoms with van der Waals surface area (Å²) in [6, 6.07) is 8.56. The number of nitrogens with zero attached hydrogens (tertiary/aromatic N) is 1. The second-order valence-electron chi connectivity index (χ2n) is 4.98. The van der Waals surface area contributed by atoms with Crippen molar-refractivity contribution in [2.24, 2.45) is 0 Å². The molecule has 0 spiro atoms. The standard InChI is InChI=1S/C17H25NO3/c1-5-10-18(3)15(2)13-16-6-8-17(9-7-16)21-12-11-20-14-19-4/h1,6-9,15H,10-14H2,2-4H3/t15-/m1/s1. The second kappa shape index (κ2) is 10.2. The van der Waals surface area contributed by atoms with Gasteiger partial charge >= 0.3 is 0 Å². The minimum Gasteiger partial charge on any atom is -0.491 e. The fourth-order valence-corrected chi connectivity index (χ4v) is 1.88. The molecule has 21 heavy (non-hydrogen) atoms. The summed E-state index contributed by atoms with van der Waals surface area (Å²) >= 11 is 0. The molecule has 0 bridgehead atoms. The van der Waals surface area contributed by atoms with Gasteiger partial charge in [0.1, 0.15) is 19.1 Å². The van der Waals surface area contributed by atoms with Crippen molar-refractivity contribution in [2.75, 3.05) is 40.7 Å². The maximum absolute atomic E-state index is 5.58. The van der Waals surface area contributed by atoms with Crippen LogP contribution in [-0.4, -0.2) is 51.7 Å². The first-order valence-corrected chi connectivity index (χ1v) is 7.09.